The number of rotatable bonds is 6. The van der Waals surface area contributed by atoms with E-state index in [4.69, 9.17) is 5.26 Å². The first-order chi connectivity index (χ1) is 7.15. The fraction of sp³-hybridized carbons (Fsp3) is 0.700. The molecule has 0 atom stereocenters. The van der Waals surface area contributed by atoms with Crippen molar-refractivity contribution in [3.63, 3.8) is 0 Å². The predicted octanol–water partition coefficient (Wildman–Crippen LogP) is 0.275. The number of amides is 2. The molecule has 0 spiro atoms. The average Bonchev–Trinajstić information content (AvgIpc) is 2.20. The monoisotopic (exact) mass is 211 g/mol. The Kier molecular flexibility index (Phi) is 6.98. The molecule has 84 valence electrons. The number of nitriles is 1. The number of carbonyl (C=O) groups is 2. The Balaban J connectivity index is 3.72. The first-order valence-corrected chi connectivity index (χ1v) is 5.07. The molecular weight excluding hydrogens is 194 g/mol. The van der Waals surface area contributed by atoms with Crippen LogP contribution in [0.1, 0.15) is 26.7 Å². The molecule has 0 radical (unpaired) electrons. The first-order valence-electron chi connectivity index (χ1n) is 5.07. The van der Waals surface area contributed by atoms with Gasteiger partial charge in [-0.15, -0.1) is 0 Å². The van der Waals surface area contributed by atoms with Crippen molar-refractivity contribution in [3.8, 4) is 6.07 Å². The third-order valence-electron chi connectivity index (χ3n) is 2.02. The zero-order chi connectivity index (χ0) is 11.7. The summed E-state index contributed by atoms with van der Waals surface area (Å²) in [6.45, 7) is 5.49. The van der Waals surface area contributed by atoms with E-state index >= 15 is 0 Å². The van der Waals surface area contributed by atoms with Crippen molar-refractivity contribution in [2.75, 3.05) is 19.6 Å². The van der Waals surface area contributed by atoms with Crippen LogP contribution < -0.4 is 5.32 Å². The SMILES string of the molecule is CCN(CC)C(=O)CCNC(=O)CC#N. The number of carbonyl (C=O) groups excluding carboxylic acids is 2. The van der Waals surface area contributed by atoms with Gasteiger partial charge in [0, 0.05) is 26.1 Å². The second-order valence-corrected chi connectivity index (χ2v) is 3.00. The van der Waals surface area contributed by atoms with Crippen LogP contribution in [0.4, 0.5) is 0 Å². The van der Waals surface area contributed by atoms with Crippen LogP contribution in [-0.2, 0) is 9.59 Å². The summed E-state index contributed by atoms with van der Waals surface area (Å²) in [6.07, 6.45) is 0.137. The lowest BCUT2D eigenvalue weighted by Crippen LogP contribution is -2.34. The Morgan fingerprint density at radius 3 is 2.40 bits per heavy atom. The molecule has 0 fully saturated rings. The van der Waals surface area contributed by atoms with E-state index in [1.54, 1.807) is 11.0 Å². The average molecular weight is 211 g/mol. The lowest BCUT2D eigenvalue weighted by Gasteiger charge is -2.18. The molecule has 5 heteroatoms. The molecule has 0 heterocycles. The Bertz CT molecular complexity index is 254. The van der Waals surface area contributed by atoms with Gasteiger partial charge in [0.15, 0.2) is 0 Å². The van der Waals surface area contributed by atoms with Crippen LogP contribution >= 0.6 is 0 Å². The van der Waals surface area contributed by atoms with E-state index in [1.165, 1.54) is 0 Å². The second-order valence-electron chi connectivity index (χ2n) is 3.00. The molecular formula is C10H17N3O2. The van der Waals surface area contributed by atoms with Gasteiger partial charge in [0.05, 0.1) is 6.07 Å². The molecule has 0 aliphatic rings. The number of hydrogen-bond acceptors (Lipinski definition) is 3. The van der Waals surface area contributed by atoms with Gasteiger partial charge in [-0.25, -0.2) is 0 Å². The molecule has 0 aliphatic heterocycles. The van der Waals surface area contributed by atoms with Crippen LogP contribution in [-0.4, -0.2) is 36.3 Å². The molecule has 0 aliphatic carbocycles. The zero-order valence-corrected chi connectivity index (χ0v) is 9.25. The third kappa shape index (κ3) is 5.68. The molecule has 5 nitrogen and oxygen atoms in total. The van der Waals surface area contributed by atoms with Crippen LogP contribution in [0.15, 0.2) is 0 Å². The van der Waals surface area contributed by atoms with Crippen molar-refractivity contribution in [3.05, 3.63) is 0 Å². The van der Waals surface area contributed by atoms with E-state index < -0.39 is 0 Å². The van der Waals surface area contributed by atoms with Gasteiger partial charge in [-0.3, -0.25) is 9.59 Å². The molecule has 0 saturated carbocycles. The van der Waals surface area contributed by atoms with Crippen molar-refractivity contribution in [1.29, 1.82) is 5.26 Å². The molecule has 15 heavy (non-hydrogen) atoms. The minimum atomic E-state index is -0.329. The summed E-state index contributed by atoms with van der Waals surface area (Å²) in [5.41, 5.74) is 0. The van der Waals surface area contributed by atoms with Crippen LogP contribution in [0, 0.1) is 11.3 Å². The maximum atomic E-state index is 11.5. The zero-order valence-electron chi connectivity index (χ0n) is 9.25. The predicted molar refractivity (Wildman–Crippen MR) is 55.8 cm³/mol. The molecule has 0 aromatic heterocycles. The summed E-state index contributed by atoms with van der Waals surface area (Å²) in [5, 5.41) is 10.7. The van der Waals surface area contributed by atoms with Gasteiger partial charge in [0.25, 0.3) is 0 Å². The molecule has 0 saturated heterocycles. The summed E-state index contributed by atoms with van der Waals surface area (Å²) >= 11 is 0. The summed E-state index contributed by atoms with van der Waals surface area (Å²) < 4.78 is 0. The molecule has 0 bridgehead atoms. The molecule has 0 rings (SSSR count). The number of nitrogens with one attached hydrogen (secondary N) is 1. The lowest BCUT2D eigenvalue weighted by atomic mass is 10.3. The van der Waals surface area contributed by atoms with E-state index in [-0.39, 0.29) is 18.2 Å². The highest BCUT2D eigenvalue weighted by atomic mass is 16.2. The van der Waals surface area contributed by atoms with Gasteiger partial charge in [-0.05, 0) is 13.8 Å². The minimum absolute atomic E-state index is 0.0252. The molecule has 1 N–H and O–H groups in total. The summed E-state index contributed by atoms with van der Waals surface area (Å²) in [5.74, 6) is -0.304. The van der Waals surface area contributed by atoms with Gasteiger partial charge >= 0.3 is 0 Å². The van der Waals surface area contributed by atoms with E-state index in [0.29, 0.717) is 26.1 Å². The van der Waals surface area contributed by atoms with Crippen molar-refractivity contribution in [2.24, 2.45) is 0 Å². The van der Waals surface area contributed by atoms with E-state index in [2.05, 4.69) is 5.32 Å². The maximum absolute atomic E-state index is 11.5. The first kappa shape index (κ1) is 13.4. The highest BCUT2D eigenvalue weighted by molar-refractivity contribution is 5.80. The van der Waals surface area contributed by atoms with Crippen LogP contribution in [0.25, 0.3) is 0 Å². The molecule has 2 amide bonds. The quantitative estimate of drug-likeness (QED) is 0.685. The van der Waals surface area contributed by atoms with E-state index in [9.17, 15) is 9.59 Å². The van der Waals surface area contributed by atoms with Crippen LogP contribution in [0.3, 0.4) is 0 Å². The maximum Gasteiger partial charge on any atom is 0.234 e. The number of hydrogen-bond donors (Lipinski definition) is 1. The highest BCUT2D eigenvalue weighted by Crippen LogP contribution is 1.92. The fourth-order valence-corrected chi connectivity index (χ4v) is 1.18. The highest BCUT2D eigenvalue weighted by Gasteiger charge is 2.09. The topological polar surface area (TPSA) is 73.2 Å². The van der Waals surface area contributed by atoms with E-state index in [0.717, 1.165) is 0 Å². The Morgan fingerprint density at radius 2 is 1.93 bits per heavy atom. The van der Waals surface area contributed by atoms with Crippen molar-refractivity contribution >= 4 is 11.8 Å². The van der Waals surface area contributed by atoms with Crippen LogP contribution in [0.2, 0.25) is 0 Å². The van der Waals surface area contributed by atoms with Crippen molar-refractivity contribution in [1.82, 2.24) is 10.2 Å². The van der Waals surface area contributed by atoms with Gasteiger partial charge in [0.2, 0.25) is 11.8 Å². The largest absolute Gasteiger partial charge is 0.355 e. The van der Waals surface area contributed by atoms with Crippen molar-refractivity contribution in [2.45, 2.75) is 26.7 Å². The van der Waals surface area contributed by atoms with Gasteiger partial charge in [-0.2, -0.15) is 5.26 Å². The smallest absolute Gasteiger partial charge is 0.234 e. The Labute approximate surface area is 90.0 Å². The summed E-state index contributed by atoms with van der Waals surface area (Å²) in [7, 11) is 0. The van der Waals surface area contributed by atoms with Gasteiger partial charge in [-0.1, -0.05) is 0 Å². The summed E-state index contributed by atoms with van der Waals surface area (Å²) in [4.78, 5) is 24.0. The standard InChI is InChI=1S/C10H17N3O2/c1-3-13(4-2)10(15)6-8-12-9(14)5-7-11/h3-6,8H2,1-2H3,(H,12,14). The normalized spacial score (nSPS) is 9.13. The number of nitrogens with zero attached hydrogens (tertiary/aromatic N) is 2. The Morgan fingerprint density at radius 1 is 1.33 bits per heavy atom. The third-order valence-corrected chi connectivity index (χ3v) is 2.02. The minimum Gasteiger partial charge on any atom is -0.355 e. The summed E-state index contributed by atoms with van der Waals surface area (Å²) in [6, 6.07) is 1.74. The fourth-order valence-electron chi connectivity index (χ4n) is 1.18. The van der Waals surface area contributed by atoms with Crippen LogP contribution in [0.5, 0.6) is 0 Å². The molecule has 0 unspecified atom stereocenters. The Hall–Kier alpha value is -1.57. The van der Waals surface area contributed by atoms with E-state index in [1.807, 2.05) is 13.8 Å². The second kappa shape index (κ2) is 7.80. The molecule has 0 aromatic carbocycles. The molecule has 0 aromatic rings. The van der Waals surface area contributed by atoms with Crippen molar-refractivity contribution < 1.29 is 9.59 Å². The van der Waals surface area contributed by atoms with Gasteiger partial charge in [0.1, 0.15) is 6.42 Å². The van der Waals surface area contributed by atoms with Gasteiger partial charge < -0.3 is 10.2 Å². The lowest BCUT2D eigenvalue weighted by molar-refractivity contribution is -0.130.